The number of para-hydroxylation sites is 1. The van der Waals surface area contributed by atoms with Crippen LogP contribution in [0.25, 0.3) is 0 Å². The molecule has 0 aliphatic carbocycles. The third kappa shape index (κ3) is 5.08. The van der Waals surface area contributed by atoms with E-state index in [2.05, 4.69) is 10.3 Å². The first-order chi connectivity index (χ1) is 14.1. The van der Waals surface area contributed by atoms with Crippen molar-refractivity contribution in [2.45, 2.75) is 26.8 Å². The molecule has 0 spiro atoms. The zero-order valence-electron chi connectivity index (χ0n) is 16.8. The molecule has 5 nitrogen and oxygen atoms in total. The molecule has 0 aliphatic rings. The summed E-state index contributed by atoms with van der Waals surface area (Å²) in [6.07, 6.45) is 0.813. The molecule has 1 heterocycles. The van der Waals surface area contributed by atoms with Crippen LogP contribution >= 0.6 is 0 Å². The second kappa shape index (κ2) is 9.64. The largest absolute Gasteiger partial charge is 0.333 e. The van der Waals surface area contributed by atoms with Gasteiger partial charge in [0.05, 0.1) is 0 Å². The molecule has 0 saturated heterocycles. The van der Waals surface area contributed by atoms with Crippen molar-refractivity contribution in [2.24, 2.45) is 0 Å². The van der Waals surface area contributed by atoms with E-state index in [-0.39, 0.29) is 23.2 Å². The number of hydrogen-bond donors (Lipinski definition) is 1. The van der Waals surface area contributed by atoms with Crippen molar-refractivity contribution in [3.05, 3.63) is 95.3 Å². The predicted octanol–water partition coefficient (Wildman–Crippen LogP) is 4.56. The molecule has 5 heteroatoms. The van der Waals surface area contributed by atoms with Crippen LogP contribution in [0.3, 0.4) is 0 Å². The number of aromatic nitrogens is 1. The van der Waals surface area contributed by atoms with Gasteiger partial charge in [-0.25, -0.2) is 4.98 Å². The fraction of sp³-hybridized carbons (Fsp3) is 0.208. The van der Waals surface area contributed by atoms with Gasteiger partial charge in [-0.05, 0) is 42.7 Å². The number of benzene rings is 2. The third-order valence-corrected chi connectivity index (χ3v) is 4.73. The van der Waals surface area contributed by atoms with Crippen LogP contribution in [0.4, 0.5) is 5.69 Å². The van der Waals surface area contributed by atoms with E-state index in [1.165, 1.54) is 0 Å². The van der Waals surface area contributed by atoms with Crippen molar-refractivity contribution < 1.29 is 9.59 Å². The highest BCUT2D eigenvalue weighted by Gasteiger charge is 2.18. The van der Waals surface area contributed by atoms with Gasteiger partial charge < -0.3 is 10.2 Å². The number of rotatable bonds is 7. The van der Waals surface area contributed by atoms with Crippen LogP contribution in [-0.2, 0) is 13.0 Å². The normalized spacial score (nSPS) is 10.4. The summed E-state index contributed by atoms with van der Waals surface area (Å²) in [7, 11) is 0. The Bertz CT molecular complexity index is 986. The van der Waals surface area contributed by atoms with Crippen LogP contribution in [0.5, 0.6) is 0 Å². The van der Waals surface area contributed by atoms with E-state index in [0.29, 0.717) is 13.1 Å². The second-order valence-electron chi connectivity index (χ2n) is 6.68. The molecule has 0 atom stereocenters. The van der Waals surface area contributed by atoms with E-state index < -0.39 is 0 Å². The molecule has 3 rings (SSSR count). The lowest BCUT2D eigenvalue weighted by Gasteiger charge is -2.20. The van der Waals surface area contributed by atoms with Crippen molar-refractivity contribution in [1.82, 2.24) is 9.88 Å². The van der Waals surface area contributed by atoms with Crippen LogP contribution in [-0.4, -0.2) is 28.2 Å². The summed E-state index contributed by atoms with van der Waals surface area (Å²) in [5.41, 5.74) is 3.34. The highest BCUT2D eigenvalue weighted by atomic mass is 16.2. The van der Waals surface area contributed by atoms with Gasteiger partial charge in [-0.15, -0.1) is 0 Å². The number of pyridine rings is 1. The first-order valence-electron chi connectivity index (χ1n) is 9.81. The summed E-state index contributed by atoms with van der Waals surface area (Å²) in [6.45, 7) is 5.02. The van der Waals surface area contributed by atoms with Gasteiger partial charge in [-0.2, -0.15) is 0 Å². The van der Waals surface area contributed by atoms with Gasteiger partial charge in [-0.1, -0.05) is 61.5 Å². The highest BCUT2D eigenvalue weighted by molar-refractivity contribution is 6.04. The SMILES string of the molecule is CCc1ccccc1NC(=O)c1cccc(C(=O)N(CC)Cc2ccccc2)n1. The number of amides is 2. The molecule has 0 unspecified atom stereocenters. The summed E-state index contributed by atoms with van der Waals surface area (Å²) >= 11 is 0. The fourth-order valence-electron chi connectivity index (χ4n) is 3.11. The molecule has 2 amide bonds. The molecule has 29 heavy (non-hydrogen) atoms. The molecule has 0 fully saturated rings. The molecular formula is C24H25N3O2. The number of nitrogens with one attached hydrogen (secondary N) is 1. The zero-order chi connectivity index (χ0) is 20.6. The molecule has 0 radical (unpaired) electrons. The van der Waals surface area contributed by atoms with Crippen molar-refractivity contribution in [3.8, 4) is 0 Å². The molecule has 1 aromatic heterocycles. The minimum atomic E-state index is -0.327. The van der Waals surface area contributed by atoms with Gasteiger partial charge in [-0.3, -0.25) is 9.59 Å². The lowest BCUT2D eigenvalue weighted by Crippen LogP contribution is -2.31. The van der Waals surface area contributed by atoms with Gasteiger partial charge in [0.2, 0.25) is 0 Å². The smallest absolute Gasteiger partial charge is 0.274 e. The number of carbonyl (C=O) groups is 2. The minimum Gasteiger partial charge on any atom is -0.333 e. The van der Waals surface area contributed by atoms with E-state index >= 15 is 0 Å². The Hall–Kier alpha value is -3.47. The van der Waals surface area contributed by atoms with Crippen LogP contribution in [0.15, 0.2) is 72.8 Å². The molecule has 0 saturated carbocycles. The second-order valence-corrected chi connectivity index (χ2v) is 6.68. The molecule has 2 aromatic carbocycles. The first kappa shape index (κ1) is 20.3. The first-order valence-corrected chi connectivity index (χ1v) is 9.81. The zero-order valence-corrected chi connectivity index (χ0v) is 16.8. The highest BCUT2D eigenvalue weighted by Crippen LogP contribution is 2.17. The maximum atomic E-state index is 12.9. The van der Waals surface area contributed by atoms with Crippen molar-refractivity contribution in [1.29, 1.82) is 0 Å². The van der Waals surface area contributed by atoms with Crippen LogP contribution in [0, 0.1) is 0 Å². The molecule has 1 N–H and O–H groups in total. The Kier molecular flexibility index (Phi) is 6.74. The predicted molar refractivity (Wildman–Crippen MR) is 115 cm³/mol. The number of hydrogen-bond acceptors (Lipinski definition) is 3. The minimum absolute atomic E-state index is 0.194. The monoisotopic (exact) mass is 387 g/mol. The van der Waals surface area contributed by atoms with E-state index in [1.54, 1.807) is 23.1 Å². The summed E-state index contributed by atoms with van der Waals surface area (Å²) in [4.78, 5) is 31.7. The average molecular weight is 387 g/mol. The quantitative estimate of drug-likeness (QED) is 0.646. The summed E-state index contributed by atoms with van der Waals surface area (Å²) < 4.78 is 0. The fourth-order valence-corrected chi connectivity index (χ4v) is 3.11. The average Bonchev–Trinajstić information content (AvgIpc) is 2.78. The molecule has 148 valence electrons. The van der Waals surface area contributed by atoms with Gasteiger partial charge in [0.1, 0.15) is 11.4 Å². The summed E-state index contributed by atoms with van der Waals surface area (Å²) in [6, 6.07) is 22.4. The number of nitrogens with zero attached hydrogens (tertiary/aromatic N) is 2. The van der Waals surface area contributed by atoms with Crippen LogP contribution < -0.4 is 5.32 Å². The summed E-state index contributed by atoms with van der Waals surface area (Å²) in [5, 5.41) is 2.90. The van der Waals surface area contributed by atoms with Crippen LogP contribution in [0.2, 0.25) is 0 Å². The Balaban J connectivity index is 1.77. The van der Waals surface area contributed by atoms with Gasteiger partial charge >= 0.3 is 0 Å². The standard InChI is InChI=1S/C24H25N3O2/c1-3-19-13-8-9-14-20(19)26-23(28)21-15-10-16-22(25-21)24(29)27(4-2)17-18-11-6-5-7-12-18/h5-16H,3-4,17H2,1-2H3,(H,26,28). The van der Waals surface area contributed by atoms with E-state index in [4.69, 9.17) is 0 Å². The molecule has 0 aliphatic heterocycles. The number of aryl methyl sites for hydroxylation is 1. The molecular weight excluding hydrogens is 362 g/mol. The van der Waals surface area contributed by atoms with Gasteiger partial charge in [0, 0.05) is 18.8 Å². The van der Waals surface area contributed by atoms with Crippen molar-refractivity contribution >= 4 is 17.5 Å². The number of carbonyl (C=O) groups excluding carboxylic acids is 2. The van der Waals surface area contributed by atoms with Crippen molar-refractivity contribution in [2.75, 3.05) is 11.9 Å². The topological polar surface area (TPSA) is 62.3 Å². The Morgan fingerprint density at radius 1 is 0.862 bits per heavy atom. The van der Waals surface area contributed by atoms with E-state index in [9.17, 15) is 9.59 Å². The Labute approximate surface area is 171 Å². The maximum Gasteiger partial charge on any atom is 0.274 e. The lowest BCUT2D eigenvalue weighted by molar-refractivity contribution is 0.0746. The Morgan fingerprint density at radius 2 is 1.55 bits per heavy atom. The number of anilines is 1. The maximum absolute atomic E-state index is 12.9. The lowest BCUT2D eigenvalue weighted by atomic mass is 10.1. The van der Waals surface area contributed by atoms with E-state index in [1.807, 2.05) is 68.4 Å². The molecule has 0 bridgehead atoms. The van der Waals surface area contributed by atoms with Crippen molar-refractivity contribution in [3.63, 3.8) is 0 Å². The molecule has 3 aromatic rings. The van der Waals surface area contributed by atoms with Gasteiger partial charge in [0.25, 0.3) is 11.8 Å². The third-order valence-electron chi connectivity index (χ3n) is 4.73. The van der Waals surface area contributed by atoms with Crippen LogP contribution in [0.1, 0.15) is 46.0 Å². The Morgan fingerprint density at radius 3 is 2.28 bits per heavy atom. The van der Waals surface area contributed by atoms with Gasteiger partial charge in [0.15, 0.2) is 0 Å². The van der Waals surface area contributed by atoms with E-state index in [0.717, 1.165) is 23.2 Å². The summed E-state index contributed by atoms with van der Waals surface area (Å²) in [5.74, 6) is -0.522.